The molecule has 0 unspecified atom stereocenters. The Morgan fingerprint density at radius 3 is 2.79 bits per heavy atom. The molecule has 2 aromatic carbocycles. The lowest BCUT2D eigenvalue weighted by atomic mass is 10.0. The molecule has 0 radical (unpaired) electrons. The number of benzene rings is 2. The van der Waals surface area contributed by atoms with E-state index in [2.05, 4.69) is 50.5 Å². The molecule has 3 heterocycles. The molecule has 33 heavy (non-hydrogen) atoms. The fraction of sp³-hybridized carbons (Fsp3) is 0.240. The number of anilines is 2. The normalized spacial score (nSPS) is 12.5. The number of nitriles is 1. The summed E-state index contributed by atoms with van der Waals surface area (Å²) in [6.07, 6.45) is 4.35. The first-order chi connectivity index (χ1) is 16.0. The molecule has 1 aliphatic rings. The van der Waals surface area contributed by atoms with Gasteiger partial charge in [0, 0.05) is 48.1 Å². The van der Waals surface area contributed by atoms with Gasteiger partial charge in [-0.15, -0.1) is 0 Å². The maximum absolute atomic E-state index is 9.46. The zero-order valence-electron chi connectivity index (χ0n) is 18.7. The van der Waals surface area contributed by atoms with E-state index in [1.165, 1.54) is 5.56 Å². The Kier molecular flexibility index (Phi) is 5.32. The third kappa shape index (κ3) is 3.95. The van der Waals surface area contributed by atoms with Gasteiger partial charge < -0.3 is 20.7 Å². The maximum Gasteiger partial charge on any atom is 0.208 e. The van der Waals surface area contributed by atoms with Gasteiger partial charge in [0.15, 0.2) is 11.3 Å². The summed E-state index contributed by atoms with van der Waals surface area (Å²) in [6, 6.07) is 14.3. The van der Waals surface area contributed by atoms with E-state index in [4.69, 9.17) is 10.5 Å². The Hall–Kier alpha value is -4.09. The first kappa shape index (κ1) is 20.8. The van der Waals surface area contributed by atoms with Gasteiger partial charge in [-0.3, -0.25) is 4.40 Å². The van der Waals surface area contributed by atoms with Crippen LogP contribution in [0, 0.1) is 11.3 Å². The average molecular weight is 440 g/mol. The van der Waals surface area contributed by atoms with E-state index in [1.54, 1.807) is 12.4 Å². The molecule has 0 atom stereocenters. The van der Waals surface area contributed by atoms with Gasteiger partial charge in [-0.1, -0.05) is 24.3 Å². The third-order valence-corrected chi connectivity index (χ3v) is 5.83. The van der Waals surface area contributed by atoms with Crippen molar-refractivity contribution in [3.05, 3.63) is 71.2 Å². The van der Waals surface area contributed by atoms with Crippen LogP contribution in [0.2, 0.25) is 0 Å². The number of rotatable bonds is 6. The molecule has 0 bridgehead atoms. The van der Waals surface area contributed by atoms with Crippen LogP contribution in [0.5, 0.6) is 5.75 Å². The van der Waals surface area contributed by atoms with Crippen molar-refractivity contribution in [1.82, 2.24) is 19.3 Å². The second kappa shape index (κ2) is 8.45. The second-order valence-corrected chi connectivity index (χ2v) is 8.42. The predicted molar refractivity (Wildman–Crippen MR) is 128 cm³/mol. The summed E-state index contributed by atoms with van der Waals surface area (Å²) in [6.45, 7) is 2.04. The number of hydrogen-bond donors (Lipinski definition) is 2. The van der Waals surface area contributed by atoms with Crippen LogP contribution in [-0.4, -0.2) is 40.0 Å². The van der Waals surface area contributed by atoms with Gasteiger partial charge in [-0.2, -0.15) is 5.26 Å². The van der Waals surface area contributed by atoms with Crippen molar-refractivity contribution in [2.75, 3.05) is 31.8 Å². The lowest BCUT2D eigenvalue weighted by Crippen LogP contribution is -2.10. The van der Waals surface area contributed by atoms with Crippen molar-refractivity contribution in [1.29, 1.82) is 5.26 Å². The van der Waals surface area contributed by atoms with E-state index in [1.807, 2.05) is 30.6 Å². The number of ether oxygens (including phenoxy) is 1. The molecule has 0 saturated carbocycles. The highest BCUT2D eigenvalue weighted by atomic mass is 16.5. The van der Waals surface area contributed by atoms with Gasteiger partial charge in [0.2, 0.25) is 5.95 Å². The molecule has 8 heteroatoms. The Bertz CT molecular complexity index is 1370. The Morgan fingerprint density at radius 2 is 2.03 bits per heavy atom. The number of hydrogen-bond acceptors (Lipinski definition) is 7. The summed E-state index contributed by atoms with van der Waals surface area (Å²) >= 11 is 0. The van der Waals surface area contributed by atoms with Crippen LogP contribution in [0.4, 0.5) is 11.6 Å². The smallest absolute Gasteiger partial charge is 0.208 e. The zero-order chi connectivity index (χ0) is 22.9. The number of nitrogens with two attached hydrogens (primary N) is 1. The molecule has 0 saturated heterocycles. The minimum absolute atomic E-state index is 0.338. The van der Waals surface area contributed by atoms with Gasteiger partial charge in [-0.05, 0) is 37.4 Å². The van der Waals surface area contributed by atoms with Crippen molar-refractivity contribution >= 4 is 17.3 Å². The SMILES string of the molecule is CN(C)Cc1ccc(-c2cnc(NCc3c(N)ccc4c3CCO4)n3cc(C#N)nc23)cc1. The van der Waals surface area contributed by atoms with Gasteiger partial charge in [0.05, 0.1) is 12.8 Å². The molecule has 166 valence electrons. The largest absolute Gasteiger partial charge is 0.493 e. The summed E-state index contributed by atoms with van der Waals surface area (Å²) < 4.78 is 7.51. The van der Waals surface area contributed by atoms with E-state index >= 15 is 0 Å². The number of aromatic nitrogens is 3. The van der Waals surface area contributed by atoms with Crippen LogP contribution in [0.25, 0.3) is 16.8 Å². The molecule has 1 aliphatic heterocycles. The Morgan fingerprint density at radius 1 is 1.21 bits per heavy atom. The minimum atomic E-state index is 0.338. The fourth-order valence-electron chi connectivity index (χ4n) is 4.26. The molecule has 0 amide bonds. The topological polar surface area (TPSA) is 105 Å². The Balaban J connectivity index is 1.49. The van der Waals surface area contributed by atoms with Gasteiger partial charge in [-0.25, -0.2) is 9.97 Å². The molecule has 2 aromatic heterocycles. The molecule has 0 fully saturated rings. The molecule has 3 N–H and O–H groups in total. The van der Waals surface area contributed by atoms with Crippen LogP contribution in [0.15, 0.2) is 48.8 Å². The van der Waals surface area contributed by atoms with Crippen LogP contribution in [-0.2, 0) is 19.5 Å². The molecule has 0 spiro atoms. The first-order valence-electron chi connectivity index (χ1n) is 10.8. The van der Waals surface area contributed by atoms with Crippen LogP contribution < -0.4 is 15.8 Å². The molecule has 8 nitrogen and oxygen atoms in total. The number of nitrogens with one attached hydrogen (secondary N) is 1. The van der Waals surface area contributed by atoms with Gasteiger partial charge in [0.25, 0.3) is 0 Å². The lowest BCUT2D eigenvalue weighted by molar-refractivity contribution is 0.357. The van der Waals surface area contributed by atoms with E-state index in [0.29, 0.717) is 30.4 Å². The summed E-state index contributed by atoms with van der Waals surface area (Å²) in [5.41, 5.74) is 13.2. The van der Waals surface area contributed by atoms with Crippen molar-refractivity contribution < 1.29 is 4.74 Å². The van der Waals surface area contributed by atoms with Crippen LogP contribution >= 0.6 is 0 Å². The van der Waals surface area contributed by atoms with Gasteiger partial charge >= 0.3 is 0 Å². The second-order valence-electron chi connectivity index (χ2n) is 8.42. The van der Waals surface area contributed by atoms with Gasteiger partial charge in [0.1, 0.15) is 11.8 Å². The van der Waals surface area contributed by atoms with E-state index in [0.717, 1.165) is 46.7 Å². The van der Waals surface area contributed by atoms with Crippen molar-refractivity contribution in [2.24, 2.45) is 0 Å². The summed E-state index contributed by atoms with van der Waals surface area (Å²) in [5.74, 6) is 1.49. The molecule has 0 aliphatic carbocycles. The highest BCUT2D eigenvalue weighted by Gasteiger charge is 2.19. The monoisotopic (exact) mass is 439 g/mol. The fourth-order valence-corrected chi connectivity index (χ4v) is 4.26. The summed E-state index contributed by atoms with van der Waals surface area (Å²) in [5, 5.41) is 12.8. The van der Waals surface area contributed by atoms with Crippen molar-refractivity contribution in [3.63, 3.8) is 0 Å². The molecule has 4 aromatic rings. The predicted octanol–water partition coefficient (Wildman–Crippen LogP) is 3.46. The number of nitrogen functional groups attached to an aromatic ring is 1. The third-order valence-electron chi connectivity index (χ3n) is 5.83. The van der Waals surface area contributed by atoms with Crippen molar-refractivity contribution in [2.45, 2.75) is 19.5 Å². The number of fused-ring (bicyclic) bond motifs is 2. The highest BCUT2D eigenvalue weighted by Crippen LogP contribution is 2.33. The van der Waals surface area contributed by atoms with E-state index in [-0.39, 0.29) is 0 Å². The first-order valence-corrected chi connectivity index (χ1v) is 10.8. The maximum atomic E-state index is 9.46. The minimum Gasteiger partial charge on any atom is -0.493 e. The average Bonchev–Trinajstić information content (AvgIpc) is 3.46. The standard InChI is InChI=1S/C25H25N7O/c1-31(2)14-16-3-5-17(6-4-16)20-12-28-25(32-15-18(11-26)30-24(20)32)29-13-21-19-9-10-33-23(19)8-7-22(21)27/h3-8,12,15H,9-10,13-14,27H2,1-2H3,(H,28,29). The molecule has 5 rings (SSSR count). The quantitative estimate of drug-likeness (QED) is 0.443. The number of imidazole rings is 1. The molecular formula is C25H25N7O. The molecular weight excluding hydrogens is 414 g/mol. The lowest BCUT2D eigenvalue weighted by Gasteiger charge is -2.14. The summed E-state index contributed by atoms with van der Waals surface area (Å²) in [4.78, 5) is 11.3. The van der Waals surface area contributed by atoms with Crippen LogP contribution in [0.1, 0.15) is 22.4 Å². The zero-order valence-corrected chi connectivity index (χ0v) is 18.7. The van der Waals surface area contributed by atoms with Crippen molar-refractivity contribution in [3.8, 4) is 22.9 Å². The highest BCUT2D eigenvalue weighted by molar-refractivity contribution is 5.78. The van der Waals surface area contributed by atoms with Crippen LogP contribution in [0.3, 0.4) is 0 Å². The number of nitrogens with zero attached hydrogens (tertiary/aromatic N) is 5. The summed E-state index contributed by atoms with van der Waals surface area (Å²) in [7, 11) is 4.09. The van der Waals surface area contributed by atoms with E-state index in [9.17, 15) is 5.26 Å². The Labute approximate surface area is 192 Å². The van der Waals surface area contributed by atoms with E-state index < -0.39 is 0 Å².